The normalized spacial score (nSPS) is 18.2. The number of aliphatic carboxylic acids is 1. The van der Waals surface area contributed by atoms with Gasteiger partial charge in [-0.3, -0.25) is 33.8 Å². The molecule has 5 rings (SSSR count). The number of benzene rings is 1. The fourth-order valence-corrected chi connectivity index (χ4v) is 5.96. The molecule has 2 aliphatic heterocycles. The number of carbonyl (C=O) groups is 6. The number of fused-ring (bicyclic) bond motifs is 1. The van der Waals surface area contributed by atoms with Crippen LogP contribution in [-0.2, 0) is 36.7 Å². The van der Waals surface area contributed by atoms with Crippen molar-refractivity contribution >= 4 is 35.4 Å². The lowest BCUT2D eigenvalue weighted by Gasteiger charge is -2.43. The number of ketones is 1. The summed E-state index contributed by atoms with van der Waals surface area (Å²) in [6, 6.07) is 7.35. The van der Waals surface area contributed by atoms with Crippen LogP contribution in [0.25, 0.3) is 5.82 Å². The summed E-state index contributed by atoms with van der Waals surface area (Å²) in [7, 11) is 3.80. The predicted molar refractivity (Wildman–Crippen MR) is 177 cm³/mol. The van der Waals surface area contributed by atoms with Crippen molar-refractivity contribution in [2.75, 3.05) is 27.2 Å². The van der Waals surface area contributed by atoms with Gasteiger partial charge in [0.2, 0.25) is 17.7 Å². The smallest absolute Gasteiger partial charge is 0.435 e. The molecule has 53 heavy (non-hydrogen) atoms. The first-order valence-electron chi connectivity index (χ1n) is 16.6. The quantitative estimate of drug-likeness (QED) is 0.230. The van der Waals surface area contributed by atoms with E-state index in [0.717, 1.165) is 20.3 Å². The number of nitrogens with one attached hydrogen (secondary N) is 2. The number of pyridine rings is 1. The Balaban J connectivity index is 1.31. The first-order chi connectivity index (χ1) is 25.1. The van der Waals surface area contributed by atoms with E-state index in [0.29, 0.717) is 12.6 Å². The van der Waals surface area contributed by atoms with Gasteiger partial charge in [-0.15, -0.1) is 0 Å². The number of Topliss-reactive ketones (excluding diaryl/α,β-unsaturated/α-hetero) is 1. The molecule has 0 aliphatic carbocycles. The molecule has 2 saturated heterocycles. The van der Waals surface area contributed by atoms with E-state index in [2.05, 4.69) is 20.7 Å². The molecule has 0 saturated carbocycles. The van der Waals surface area contributed by atoms with Gasteiger partial charge in [0.15, 0.2) is 23.9 Å². The molecule has 0 radical (unpaired) electrons. The summed E-state index contributed by atoms with van der Waals surface area (Å²) in [4.78, 5) is 84.9. The zero-order valence-electron chi connectivity index (χ0n) is 28.7. The number of hydrogen-bond donors (Lipinski definition) is 3. The molecule has 3 unspecified atom stereocenters. The zero-order valence-corrected chi connectivity index (χ0v) is 28.7. The first kappa shape index (κ1) is 38.4. The Morgan fingerprint density at radius 3 is 2.45 bits per heavy atom. The lowest BCUT2D eigenvalue weighted by molar-refractivity contribution is -0.176. The predicted octanol–water partition coefficient (Wildman–Crippen LogP) is 1.58. The van der Waals surface area contributed by atoms with E-state index in [9.17, 15) is 47.0 Å². The average molecular weight is 743 g/mol. The second kappa shape index (κ2) is 16.2. The number of amides is 4. The van der Waals surface area contributed by atoms with Crippen LogP contribution in [0.4, 0.5) is 13.2 Å². The molecule has 16 nitrogen and oxygen atoms in total. The lowest BCUT2D eigenvalue weighted by atomic mass is 10.0. The topological polar surface area (TPSA) is 196 Å². The molecule has 19 heteroatoms. The molecule has 0 bridgehead atoms. The van der Waals surface area contributed by atoms with Crippen molar-refractivity contribution in [3.63, 3.8) is 0 Å². The van der Waals surface area contributed by atoms with Gasteiger partial charge in [0, 0.05) is 37.3 Å². The summed E-state index contributed by atoms with van der Waals surface area (Å²) in [5.74, 6) is -5.86. The van der Waals surface area contributed by atoms with Gasteiger partial charge >= 0.3 is 12.1 Å². The van der Waals surface area contributed by atoms with Gasteiger partial charge in [0.1, 0.15) is 18.1 Å². The Morgan fingerprint density at radius 1 is 1.08 bits per heavy atom. The summed E-state index contributed by atoms with van der Waals surface area (Å²) < 4.78 is 46.6. The van der Waals surface area contributed by atoms with E-state index < -0.39 is 84.3 Å². The second-order valence-electron chi connectivity index (χ2n) is 12.7. The fourth-order valence-electron chi connectivity index (χ4n) is 5.96. The van der Waals surface area contributed by atoms with Crippen LogP contribution in [0.1, 0.15) is 53.7 Å². The molecule has 3 N–H and O–H groups in total. The van der Waals surface area contributed by atoms with Crippen molar-refractivity contribution in [1.82, 2.24) is 40.3 Å². The van der Waals surface area contributed by atoms with E-state index in [-0.39, 0.29) is 43.6 Å². The highest BCUT2D eigenvalue weighted by molar-refractivity contribution is 6.00. The number of rotatable bonds is 13. The molecule has 4 heterocycles. The van der Waals surface area contributed by atoms with Gasteiger partial charge in [-0.1, -0.05) is 18.2 Å². The lowest BCUT2D eigenvalue weighted by Crippen LogP contribution is -2.64. The molecule has 4 amide bonds. The van der Waals surface area contributed by atoms with Gasteiger partial charge in [-0.25, -0.2) is 9.99 Å². The van der Waals surface area contributed by atoms with Gasteiger partial charge in [-0.2, -0.15) is 23.0 Å². The minimum Gasteiger partial charge on any atom is -0.481 e. The minimum atomic E-state index is -4.87. The fraction of sp³-hybridized carbons (Fsp3) is 0.412. The van der Waals surface area contributed by atoms with Crippen LogP contribution in [-0.4, -0.2) is 116 Å². The number of carboxylic acid groups (broad SMARTS) is 1. The van der Waals surface area contributed by atoms with E-state index in [4.69, 9.17) is 4.74 Å². The number of aromatic nitrogens is 3. The Bertz CT molecular complexity index is 1850. The summed E-state index contributed by atoms with van der Waals surface area (Å²) in [6.07, 6.45) is -4.36. The van der Waals surface area contributed by atoms with Crippen LogP contribution in [0.15, 0.2) is 54.7 Å². The third-order valence-electron chi connectivity index (χ3n) is 8.46. The first-order valence-corrected chi connectivity index (χ1v) is 16.6. The summed E-state index contributed by atoms with van der Waals surface area (Å²) in [5, 5.41) is 20.1. The van der Waals surface area contributed by atoms with Crippen LogP contribution < -0.4 is 15.4 Å². The van der Waals surface area contributed by atoms with Crippen LogP contribution >= 0.6 is 0 Å². The summed E-state index contributed by atoms with van der Waals surface area (Å²) in [6.45, 7) is -0.237. The monoisotopic (exact) mass is 742 g/mol. The number of hydrogen-bond acceptors (Lipinski definition) is 10. The molecule has 2 fully saturated rings. The number of carbonyl (C=O) groups excluding carboxylic acids is 5. The van der Waals surface area contributed by atoms with Gasteiger partial charge in [-0.05, 0) is 63.2 Å². The van der Waals surface area contributed by atoms with Gasteiger partial charge in [0.25, 0.3) is 11.8 Å². The zero-order chi connectivity index (χ0) is 38.4. The molecule has 2 aliphatic rings. The highest BCUT2D eigenvalue weighted by atomic mass is 19.4. The van der Waals surface area contributed by atoms with Gasteiger partial charge < -0.3 is 25.4 Å². The summed E-state index contributed by atoms with van der Waals surface area (Å²) in [5.41, 5.74) is -0.110. The molecule has 1 aromatic carbocycles. The second-order valence-corrected chi connectivity index (χ2v) is 12.7. The number of ether oxygens (including phenoxy) is 1. The molecule has 3 aromatic rings. The van der Waals surface area contributed by atoms with E-state index in [1.165, 1.54) is 24.4 Å². The maximum absolute atomic E-state index is 13.9. The van der Waals surface area contributed by atoms with E-state index in [1.54, 1.807) is 24.3 Å². The Labute approximate surface area is 300 Å². The number of alkyl halides is 3. The van der Waals surface area contributed by atoms with E-state index >= 15 is 0 Å². The maximum Gasteiger partial charge on any atom is 0.435 e. The molecular weight excluding hydrogens is 705 g/mol. The molecule has 282 valence electrons. The number of nitrogens with zero attached hydrogens (tertiary/aromatic N) is 6. The summed E-state index contributed by atoms with van der Waals surface area (Å²) >= 11 is 0. The number of carboxylic acids is 1. The standard InChI is InChI=1S/C34H37F3N8O8/c1-42(2)18-20-8-10-21(11-9-20)31(50)39-22-12-13-28(47)43-15-5-6-24(45(43)33(22)52)32(51)40-23(16-30(48)49)25(46)19-53-29-17-26(34(35,36)37)41-44(29)27-7-3-4-14-38-27/h3-4,7-11,14,17,22-24H,5-6,12-13,15-16,18-19H2,1-2H3,(H,39,50)(H,40,51)(H,48,49). The molecular formula is C34H37F3N8O8. The van der Waals surface area contributed by atoms with Crippen molar-refractivity contribution in [3.05, 3.63) is 71.5 Å². The molecule has 3 atom stereocenters. The average Bonchev–Trinajstić information content (AvgIpc) is 3.52. The molecule has 0 spiro atoms. The number of halogens is 3. The van der Waals surface area contributed by atoms with Crippen molar-refractivity contribution in [3.8, 4) is 11.7 Å². The van der Waals surface area contributed by atoms with Crippen molar-refractivity contribution in [1.29, 1.82) is 0 Å². The van der Waals surface area contributed by atoms with Crippen LogP contribution in [0.5, 0.6) is 5.88 Å². The third kappa shape index (κ3) is 9.34. The SMILES string of the molecule is CN(C)Cc1ccc(C(=O)NC2CCC(=O)N3CCCC(C(=O)NC(CC(=O)O)C(=O)COc4cc(C(F)(F)F)nn4-c4ccccn4)N3C2=O)cc1. The van der Waals surface area contributed by atoms with Gasteiger partial charge in [0.05, 0.1) is 6.42 Å². The van der Waals surface area contributed by atoms with Crippen LogP contribution in [0.3, 0.4) is 0 Å². The Hall–Kier alpha value is -5.85. The van der Waals surface area contributed by atoms with Crippen LogP contribution in [0.2, 0.25) is 0 Å². The van der Waals surface area contributed by atoms with Crippen LogP contribution in [0, 0.1) is 0 Å². The van der Waals surface area contributed by atoms with E-state index in [1.807, 2.05) is 19.0 Å². The van der Waals surface area contributed by atoms with Crippen molar-refractivity contribution in [2.45, 2.75) is 63.0 Å². The van der Waals surface area contributed by atoms with Crippen molar-refractivity contribution in [2.24, 2.45) is 0 Å². The highest BCUT2D eigenvalue weighted by Crippen LogP contribution is 2.32. The minimum absolute atomic E-state index is 0.0311. The Morgan fingerprint density at radius 2 is 1.81 bits per heavy atom. The molecule has 2 aromatic heterocycles. The highest BCUT2D eigenvalue weighted by Gasteiger charge is 2.45. The van der Waals surface area contributed by atoms with Crippen molar-refractivity contribution < 1.29 is 51.8 Å². The third-order valence-corrected chi connectivity index (χ3v) is 8.46. The maximum atomic E-state index is 13.9. The largest absolute Gasteiger partial charge is 0.481 e. The Kier molecular flexibility index (Phi) is 11.7. The number of hydrazine groups is 1.